The van der Waals surface area contributed by atoms with E-state index in [-0.39, 0.29) is 17.9 Å². The van der Waals surface area contributed by atoms with Crippen LogP contribution in [0.5, 0.6) is 0 Å². The molecule has 0 spiro atoms. The number of hydrogen-bond acceptors (Lipinski definition) is 2. The van der Waals surface area contributed by atoms with Gasteiger partial charge in [0, 0.05) is 32.6 Å². The van der Waals surface area contributed by atoms with Gasteiger partial charge in [0.25, 0.3) is 5.91 Å². The molecular weight excluding hydrogens is 439 g/mol. The molecule has 2 atom stereocenters. The monoisotopic (exact) mass is 456 g/mol. The second-order valence-electron chi connectivity index (χ2n) is 7.09. The lowest BCUT2D eigenvalue weighted by Gasteiger charge is -2.26. The average Bonchev–Trinajstić information content (AvgIpc) is 2.72. The third kappa shape index (κ3) is 5.77. The molecule has 0 fully saturated rings. The van der Waals surface area contributed by atoms with E-state index in [2.05, 4.69) is 11.4 Å². The summed E-state index contributed by atoms with van der Waals surface area (Å²) in [5, 5.41) is 13.8. The summed E-state index contributed by atoms with van der Waals surface area (Å²) in [6.45, 7) is 1.95. The van der Waals surface area contributed by atoms with Crippen molar-refractivity contribution in [1.29, 1.82) is 5.26 Å². The topological polar surface area (TPSA) is 52.9 Å². The molecule has 3 rings (SSSR count). The lowest BCUT2D eigenvalue weighted by atomic mass is 9.85. The van der Waals surface area contributed by atoms with Gasteiger partial charge in [0.15, 0.2) is 0 Å². The summed E-state index contributed by atoms with van der Waals surface area (Å²) in [5.41, 5.74) is 3.03. The summed E-state index contributed by atoms with van der Waals surface area (Å²) >= 11 is 18.1. The van der Waals surface area contributed by atoms with E-state index in [0.29, 0.717) is 32.6 Å². The normalized spacial score (nSPS) is 12.6. The van der Waals surface area contributed by atoms with Crippen molar-refractivity contribution in [3.63, 3.8) is 0 Å². The molecule has 1 N–H and O–H groups in total. The van der Waals surface area contributed by atoms with Crippen LogP contribution in [0.25, 0.3) is 0 Å². The number of halogens is 3. The first-order chi connectivity index (χ1) is 14.4. The zero-order valence-corrected chi connectivity index (χ0v) is 18.5. The van der Waals surface area contributed by atoms with Crippen molar-refractivity contribution in [3.8, 4) is 6.07 Å². The predicted octanol–water partition coefficient (Wildman–Crippen LogP) is 6.66. The molecule has 0 unspecified atom stereocenters. The molecule has 0 heterocycles. The second kappa shape index (κ2) is 10.00. The van der Waals surface area contributed by atoms with Crippen LogP contribution in [0.3, 0.4) is 0 Å². The Morgan fingerprint density at radius 1 is 0.967 bits per heavy atom. The molecule has 0 aromatic heterocycles. The highest BCUT2D eigenvalue weighted by molar-refractivity contribution is 6.35. The second-order valence-corrected chi connectivity index (χ2v) is 8.40. The Balaban J connectivity index is 1.88. The van der Waals surface area contributed by atoms with E-state index in [0.717, 1.165) is 11.1 Å². The van der Waals surface area contributed by atoms with Gasteiger partial charge in [-0.15, -0.1) is 0 Å². The van der Waals surface area contributed by atoms with Gasteiger partial charge in [0.05, 0.1) is 11.6 Å². The minimum Gasteiger partial charge on any atom is -0.349 e. The van der Waals surface area contributed by atoms with E-state index in [4.69, 9.17) is 34.8 Å². The summed E-state index contributed by atoms with van der Waals surface area (Å²) in [5.74, 6) is -0.317. The van der Waals surface area contributed by atoms with E-state index in [1.165, 1.54) is 0 Å². The van der Waals surface area contributed by atoms with Gasteiger partial charge in [-0.2, -0.15) is 5.26 Å². The molecule has 30 heavy (non-hydrogen) atoms. The third-order valence-corrected chi connectivity index (χ3v) is 5.59. The van der Waals surface area contributed by atoms with Gasteiger partial charge >= 0.3 is 0 Å². The Hall–Kier alpha value is -2.51. The third-order valence-electron chi connectivity index (χ3n) is 4.90. The highest BCUT2D eigenvalue weighted by Gasteiger charge is 2.23. The first kappa shape index (κ1) is 22.2. The smallest absolute Gasteiger partial charge is 0.251 e. The van der Waals surface area contributed by atoms with Gasteiger partial charge < -0.3 is 5.32 Å². The molecule has 0 saturated heterocycles. The minimum atomic E-state index is -0.260. The van der Waals surface area contributed by atoms with Crippen molar-refractivity contribution in [2.45, 2.75) is 25.3 Å². The first-order valence-electron chi connectivity index (χ1n) is 9.37. The Bertz CT molecular complexity index is 1070. The average molecular weight is 458 g/mol. The van der Waals surface area contributed by atoms with Crippen molar-refractivity contribution < 1.29 is 4.79 Å². The number of benzene rings is 3. The molecule has 0 aliphatic rings. The maximum Gasteiger partial charge on any atom is 0.251 e. The largest absolute Gasteiger partial charge is 0.349 e. The van der Waals surface area contributed by atoms with Crippen LogP contribution in [0, 0.1) is 11.3 Å². The van der Waals surface area contributed by atoms with E-state index in [1.54, 1.807) is 24.3 Å². The summed E-state index contributed by atoms with van der Waals surface area (Å²) < 4.78 is 0. The van der Waals surface area contributed by atoms with Crippen molar-refractivity contribution >= 4 is 40.7 Å². The highest BCUT2D eigenvalue weighted by atomic mass is 35.5. The SMILES string of the molecule is C[C@H](NC(=O)c1cc(Cl)cc(Cl)c1)[C@@H](Cc1ccc(Cl)cc1)c1cccc(C#N)c1. The van der Waals surface area contributed by atoms with Gasteiger partial charge in [-0.1, -0.05) is 59.1 Å². The quantitative estimate of drug-likeness (QED) is 0.450. The van der Waals surface area contributed by atoms with E-state index >= 15 is 0 Å². The zero-order valence-electron chi connectivity index (χ0n) is 16.2. The highest BCUT2D eigenvalue weighted by Crippen LogP contribution is 2.27. The van der Waals surface area contributed by atoms with Crippen LogP contribution in [-0.2, 0) is 6.42 Å². The molecule has 0 aliphatic carbocycles. The number of carbonyl (C=O) groups is 1. The van der Waals surface area contributed by atoms with Crippen LogP contribution in [-0.4, -0.2) is 11.9 Å². The van der Waals surface area contributed by atoms with Crippen LogP contribution < -0.4 is 5.32 Å². The summed E-state index contributed by atoms with van der Waals surface area (Å²) in [6.07, 6.45) is 0.670. The molecule has 0 aliphatic heterocycles. The number of nitrogens with zero attached hydrogens (tertiary/aromatic N) is 1. The Morgan fingerprint density at radius 3 is 2.27 bits per heavy atom. The van der Waals surface area contributed by atoms with Crippen molar-refractivity contribution in [2.75, 3.05) is 0 Å². The predicted molar refractivity (Wildman–Crippen MR) is 122 cm³/mol. The van der Waals surface area contributed by atoms with Crippen LogP contribution in [0.2, 0.25) is 15.1 Å². The fourth-order valence-corrected chi connectivity index (χ4v) is 4.02. The van der Waals surface area contributed by atoms with Crippen molar-refractivity contribution in [1.82, 2.24) is 5.32 Å². The number of nitrogens with one attached hydrogen (secondary N) is 1. The number of nitriles is 1. The Kier molecular flexibility index (Phi) is 7.39. The maximum absolute atomic E-state index is 12.8. The number of carbonyl (C=O) groups excluding carboxylic acids is 1. The van der Waals surface area contributed by atoms with E-state index in [1.807, 2.05) is 49.4 Å². The molecule has 1 amide bonds. The number of hydrogen-bond donors (Lipinski definition) is 1. The van der Waals surface area contributed by atoms with Gasteiger partial charge in [-0.05, 0) is 66.9 Å². The fraction of sp³-hybridized carbons (Fsp3) is 0.167. The maximum atomic E-state index is 12.8. The lowest BCUT2D eigenvalue weighted by molar-refractivity contribution is 0.0934. The van der Waals surface area contributed by atoms with Gasteiger partial charge in [0.1, 0.15) is 0 Å². The van der Waals surface area contributed by atoms with Gasteiger partial charge in [0.2, 0.25) is 0 Å². The molecule has 3 aromatic carbocycles. The molecule has 6 heteroatoms. The van der Waals surface area contributed by atoms with Crippen LogP contribution in [0.4, 0.5) is 0 Å². The molecule has 0 radical (unpaired) electrons. The molecule has 0 saturated carbocycles. The van der Waals surface area contributed by atoms with E-state index in [9.17, 15) is 10.1 Å². The molecule has 0 bridgehead atoms. The lowest BCUT2D eigenvalue weighted by Crippen LogP contribution is -2.38. The van der Waals surface area contributed by atoms with E-state index < -0.39 is 0 Å². The summed E-state index contributed by atoms with van der Waals surface area (Å²) in [6, 6.07) is 21.8. The number of rotatable bonds is 6. The zero-order chi connectivity index (χ0) is 21.7. The van der Waals surface area contributed by atoms with Crippen molar-refractivity contribution in [3.05, 3.63) is 104 Å². The Labute approximate surface area is 191 Å². The van der Waals surface area contributed by atoms with Gasteiger partial charge in [-0.3, -0.25) is 4.79 Å². The molecule has 3 aromatic rings. The van der Waals surface area contributed by atoms with Crippen LogP contribution >= 0.6 is 34.8 Å². The fourth-order valence-electron chi connectivity index (χ4n) is 3.37. The van der Waals surface area contributed by atoms with Crippen LogP contribution in [0.1, 0.15) is 39.9 Å². The van der Waals surface area contributed by atoms with Crippen molar-refractivity contribution in [2.24, 2.45) is 0 Å². The van der Waals surface area contributed by atoms with Gasteiger partial charge in [-0.25, -0.2) is 0 Å². The Morgan fingerprint density at radius 2 is 1.63 bits per heavy atom. The number of amides is 1. The minimum absolute atomic E-state index is 0.0573. The van der Waals surface area contributed by atoms with Crippen LogP contribution in [0.15, 0.2) is 66.7 Å². The summed E-state index contributed by atoms with van der Waals surface area (Å²) in [4.78, 5) is 12.8. The molecule has 3 nitrogen and oxygen atoms in total. The standard InChI is InChI=1S/C24H19Cl3N2O/c1-15(29-24(30)19-11-21(26)13-22(27)12-19)23(10-16-5-7-20(25)8-6-16)18-4-2-3-17(9-18)14-28/h2-9,11-13,15,23H,10H2,1H3,(H,29,30)/t15-,23+/m0/s1. The molecular formula is C24H19Cl3N2O. The first-order valence-corrected chi connectivity index (χ1v) is 10.5. The summed E-state index contributed by atoms with van der Waals surface area (Å²) in [7, 11) is 0. The molecule has 152 valence electrons.